The molecule has 0 aromatic rings. The van der Waals surface area contributed by atoms with Gasteiger partial charge >= 0.3 is 12.1 Å². The molecule has 0 radical (unpaired) electrons. The van der Waals surface area contributed by atoms with E-state index >= 15 is 0 Å². The molecule has 0 atom stereocenters. The highest BCUT2D eigenvalue weighted by Gasteiger charge is 2.45. The van der Waals surface area contributed by atoms with Gasteiger partial charge in [0.2, 0.25) is 0 Å². The maximum absolute atomic E-state index is 12.4. The molecule has 5 nitrogen and oxygen atoms in total. The van der Waals surface area contributed by atoms with E-state index in [2.05, 4.69) is 10.6 Å². The van der Waals surface area contributed by atoms with Gasteiger partial charge in [0.05, 0.1) is 0 Å². The first kappa shape index (κ1) is 15.3. The van der Waals surface area contributed by atoms with Crippen molar-refractivity contribution in [2.75, 3.05) is 13.1 Å². The predicted octanol–water partition coefficient (Wildman–Crippen LogP) is 0.737. The Morgan fingerprint density at radius 1 is 1.32 bits per heavy atom. The first-order chi connectivity index (χ1) is 8.52. The summed E-state index contributed by atoms with van der Waals surface area (Å²) in [4.78, 5) is 23.6. The van der Waals surface area contributed by atoms with Crippen LogP contribution in [0, 0.1) is 0 Å². The largest absolute Gasteiger partial charge is 0.471 e. The van der Waals surface area contributed by atoms with E-state index in [0.717, 1.165) is 6.20 Å². The maximum atomic E-state index is 12.4. The van der Waals surface area contributed by atoms with Gasteiger partial charge in [0.25, 0.3) is 5.91 Å². The van der Waals surface area contributed by atoms with Crippen molar-refractivity contribution >= 4 is 11.8 Å². The van der Waals surface area contributed by atoms with Crippen LogP contribution in [-0.2, 0) is 9.59 Å². The molecule has 1 rings (SSSR count). The Balaban J connectivity index is 2.94. The molecule has 19 heavy (non-hydrogen) atoms. The van der Waals surface area contributed by atoms with E-state index in [1.54, 1.807) is 20.8 Å². The Labute approximate surface area is 108 Å². The molecular formula is C11H16F3N3O2. The minimum absolute atomic E-state index is 0.161. The van der Waals surface area contributed by atoms with Gasteiger partial charge in [-0.3, -0.25) is 14.5 Å². The first-order valence-corrected chi connectivity index (χ1v) is 5.67. The number of halogens is 3. The Hall–Kier alpha value is -1.73. The van der Waals surface area contributed by atoms with Gasteiger partial charge < -0.3 is 10.6 Å². The summed E-state index contributed by atoms with van der Waals surface area (Å²) in [5.41, 5.74) is -0.939. The standard InChI is InChI=1S/C11H16F3N3O2/c1-10(2,3)16-8(18)7-6-15-4-5-17(7)9(19)11(12,13)14/h6,15H,4-5H2,1-3H3,(H,16,18). The molecule has 0 bridgehead atoms. The van der Waals surface area contributed by atoms with E-state index in [1.165, 1.54) is 0 Å². The van der Waals surface area contributed by atoms with Gasteiger partial charge in [-0.15, -0.1) is 0 Å². The molecule has 2 amide bonds. The van der Waals surface area contributed by atoms with Crippen LogP contribution in [0.25, 0.3) is 0 Å². The summed E-state index contributed by atoms with van der Waals surface area (Å²) in [5, 5.41) is 5.17. The van der Waals surface area contributed by atoms with Gasteiger partial charge in [-0.25, -0.2) is 0 Å². The van der Waals surface area contributed by atoms with Crippen LogP contribution in [0.4, 0.5) is 13.2 Å². The van der Waals surface area contributed by atoms with Crippen LogP contribution in [0.2, 0.25) is 0 Å². The molecule has 8 heteroatoms. The summed E-state index contributed by atoms with van der Waals surface area (Å²) in [6.07, 6.45) is -3.88. The number of carbonyl (C=O) groups is 2. The smallest absolute Gasteiger partial charge is 0.387 e. The van der Waals surface area contributed by atoms with E-state index in [-0.39, 0.29) is 18.8 Å². The highest BCUT2D eigenvalue weighted by Crippen LogP contribution is 2.22. The third-order valence-electron chi connectivity index (χ3n) is 2.22. The normalized spacial score (nSPS) is 16.5. The summed E-state index contributed by atoms with van der Waals surface area (Å²) in [6, 6.07) is 0. The highest BCUT2D eigenvalue weighted by atomic mass is 19.4. The van der Waals surface area contributed by atoms with E-state index in [1.807, 2.05) is 0 Å². The first-order valence-electron chi connectivity index (χ1n) is 5.67. The third kappa shape index (κ3) is 4.15. The van der Waals surface area contributed by atoms with Crippen molar-refractivity contribution in [1.82, 2.24) is 15.5 Å². The number of nitrogens with zero attached hydrogens (tertiary/aromatic N) is 1. The molecule has 0 aromatic heterocycles. The van der Waals surface area contributed by atoms with Crippen molar-refractivity contribution in [3.63, 3.8) is 0 Å². The minimum Gasteiger partial charge on any atom is -0.387 e. The monoisotopic (exact) mass is 279 g/mol. The number of amides is 2. The van der Waals surface area contributed by atoms with Crippen molar-refractivity contribution < 1.29 is 22.8 Å². The average Bonchev–Trinajstić information content (AvgIpc) is 2.24. The lowest BCUT2D eigenvalue weighted by Crippen LogP contribution is -2.52. The number of nitrogens with one attached hydrogen (secondary N) is 2. The molecule has 0 aliphatic carbocycles. The molecular weight excluding hydrogens is 263 g/mol. The van der Waals surface area contributed by atoms with Crippen LogP contribution in [0.3, 0.4) is 0 Å². The predicted molar refractivity (Wildman–Crippen MR) is 61.7 cm³/mol. The van der Waals surface area contributed by atoms with Gasteiger partial charge in [-0.1, -0.05) is 0 Å². The van der Waals surface area contributed by atoms with Crippen molar-refractivity contribution in [3.8, 4) is 0 Å². The molecule has 108 valence electrons. The van der Waals surface area contributed by atoms with Crippen molar-refractivity contribution in [2.24, 2.45) is 0 Å². The number of hydrogen-bond donors (Lipinski definition) is 2. The second-order valence-corrected chi connectivity index (χ2v) is 5.14. The molecule has 0 unspecified atom stereocenters. The maximum Gasteiger partial charge on any atom is 0.471 e. The second kappa shape index (κ2) is 5.10. The molecule has 0 saturated heterocycles. The molecule has 0 aromatic carbocycles. The highest BCUT2D eigenvalue weighted by molar-refractivity contribution is 5.99. The topological polar surface area (TPSA) is 61.4 Å². The lowest BCUT2D eigenvalue weighted by atomic mass is 10.1. The zero-order valence-corrected chi connectivity index (χ0v) is 10.9. The average molecular weight is 279 g/mol. The summed E-state index contributed by atoms with van der Waals surface area (Å²) >= 11 is 0. The summed E-state index contributed by atoms with van der Waals surface area (Å²) in [6.45, 7) is 5.03. The van der Waals surface area contributed by atoms with Crippen LogP contribution in [0.15, 0.2) is 11.9 Å². The van der Waals surface area contributed by atoms with Gasteiger partial charge in [-0.2, -0.15) is 13.2 Å². The molecule has 1 aliphatic heterocycles. The molecule has 1 heterocycles. The second-order valence-electron chi connectivity index (χ2n) is 5.14. The van der Waals surface area contributed by atoms with E-state index in [0.29, 0.717) is 4.90 Å². The van der Waals surface area contributed by atoms with Crippen LogP contribution < -0.4 is 10.6 Å². The molecule has 1 aliphatic rings. The number of alkyl halides is 3. The van der Waals surface area contributed by atoms with Crippen LogP contribution in [0.1, 0.15) is 20.8 Å². The molecule has 0 fully saturated rings. The Kier molecular flexibility index (Phi) is 4.12. The lowest BCUT2D eigenvalue weighted by Gasteiger charge is -2.31. The summed E-state index contributed by atoms with van der Waals surface area (Å²) < 4.78 is 37.3. The third-order valence-corrected chi connectivity index (χ3v) is 2.22. The fraction of sp³-hybridized carbons (Fsp3) is 0.636. The van der Waals surface area contributed by atoms with E-state index in [9.17, 15) is 22.8 Å². The Morgan fingerprint density at radius 3 is 2.37 bits per heavy atom. The van der Waals surface area contributed by atoms with Crippen molar-refractivity contribution in [3.05, 3.63) is 11.9 Å². The molecule has 2 N–H and O–H groups in total. The summed E-state index contributed by atoms with van der Waals surface area (Å²) in [7, 11) is 0. The molecule has 0 spiro atoms. The Morgan fingerprint density at radius 2 is 1.89 bits per heavy atom. The fourth-order valence-corrected chi connectivity index (χ4v) is 1.50. The number of carbonyl (C=O) groups excluding carboxylic acids is 2. The molecule has 0 saturated carbocycles. The van der Waals surface area contributed by atoms with Crippen LogP contribution in [0.5, 0.6) is 0 Å². The van der Waals surface area contributed by atoms with Gasteiger partial charge in [0.1, 0.15) is 5.70 Å². The van der Waals surface area contributed by atoms with Gasteiger partial charge in [0, 0.05) is 24.8 Å². The van der Waals surface area contributed by atoms with Crippen LogP contribution >= 0.6 is 0 Å². The van der Waals surface area contributed by atoms with E-state index in [4.69, 9.17) is 0 Å². The number of rotatable bonds is 1. The fourth-order valence-electron chi connectivity index (χ4n) is 1.50. The van der Waals surface area contributed by atoms with Gasteiger partial charge in [-0.05, 0) is 20.8 Å². The van der Waals surface area contributed by atoms with E-state index < -0.39 is 23.5 Å². The summed E-state index contributed by atoms with van der Waals surface area (Å²) in [5.74, 6) is -2.76. The quantitative estimate of drug-likeness (QED) is 0.744. The lowest BCUT2D eigenvalue weighted by molar-refractivity contribution is -0.183. The number of hydrogen-bond acceptors (Lipinski definition) is 3. The van der Waals surface area contributed by atoms with Crippen LogP contribution in [-0.4, -0.2) is 41.5 Å². The van der Waals surface area contributed by atoms with Crippen molar-refractivity contribution in [2.45, 2.75) is 32.5 Å². The van der Waals surface area contributed by atoms with Crippen molar-refractivity contribution in [1.29, 1.82) is 0 Å². The minimum atomic E-state index is -5.00. The Bertz CT molecular complexity index is 410. The zero-order chi connectivity index (χ0) is 14.8. The van der Waals surface area contributed by atoms with Gasteiger partial charge in [0.15, 0.2) is 0 Å². The zero-order valence-electron chi connectivity index (χ0n) is 10.9. The SMILES string of the molecule is CC(C)(C)NC(=O)C1=CNCCN1C(=O)C(F)(F)F.